The van der Waals surface area contributed by atoms with Gasteiger partial charge >= 0.3 is 0 Å². The monoisotopic (exact) mass is 327 g/mol. The Bertz CT molecular complexity index is 693. The van der Waals surface area contributed by atoms with Crippen LogP contribution in [0.2, 0.25) is 0 Å². The number of aromatic nitrogens is 2. The molecule has 1 N–H and O–H groups in total. The van der Waals surface area contributed by atoms with Crippen molar-refractivity contribution in [2.75, 3.05) is 50.6 Å². The summed E-state index contributed by atoms with van der Waals surface area (Å²) in [4.78, 5) is 13.7. The Hall–Kier alpha value is -2.34. The Morgan fingerprint density at radius 1 is 1.00 bits per heavy atom. The average Bonchev–Trinajstić information content (AvgIpc) is 2.59. The summed E-state index contributed by atoms with van der Waals surface area (Å²) in [7, 11) is 3.80. The highest BCUT2D eigenvalue weighted by atomic mass is 16.5. The third kappa shape index (κ3) is 3.59. The van der Waals surface area contributed by atoms with Gasteiger partial charge in [0.15, 0.2) is 0 Å². The maximum absolute atomic E-state index is 5.31. The fraction of sp³-hybridized carbons (Fsp3) is 0.444. The SMILES string of the molecule is COc1nc(Nc2ccc(N3CCN(C)CC3)cc2)nc(C)c1C. The van der Waals surface area contributed by atoms with Crippen molar-refractivity contribution in [2.45, 2.75) is 13.8 Å². The summed E-state index contributed by atoms with van der Waals surface area (Å²) in [6.07, 6.45) is 0. The van der Waals surface area contributed by atoms with Crippen LogP contribution in [0.4, 0.5) is 17.3 Å². The first-order valence-corrected chi connectivity index (χ1v) is 8.26. The predicted molar refractivity (Wildman–Crippen MR) is 97.5 cm³/mol. The third-order valence-corrected chi connectivity index (χ3v) is 4.53. The largest absolute Gasteiger partial charge is 0.481 e. The van der Waals surface area contributed by atoms with E-state index < -0.39 is 0 Å². The van der Waals surface area contributed by atoms with E-state index in [1.54, 1.807) is 7.11 Å². The van der Waals surface area contributed by atoms with Gasteiger partial charge in [-0.05, 0) is 45.2 Å². The number of hydrogen-bond donors (Lipinski definition) is 1. The van der Waals surface area contributed by atoms with E-state index in [2.05, 4.69) is 56.4 Å². The van der Waals surface area contributed by atoms with Gasteiger partial charge in [-0.2, -0.15) is 4.98 Å². The van der Waals surface area contributed by atoms with E-state index in [1.165, 1.54) is 5.69 Å². The molecule has 128 valence electrons. The number of benzene rings is 1. The minimum Gasteiger partial charge on any atom is -0.481 e. The molecule has 2 heterocycles. The average molecular weight is 327 g/mol. The topological polar surface area (TPSA) is 53.5 Å². The van der Waals surface area contributed by atoms with E-state index in [4.69, 9.17) is 4.74 Å². The number of rotatable bonds is 4. The number of ether oxygens (including phenoxy) is 1. The van der Waals surface area contributed by atoms with Crippen LogP contribution in [0.5, 0.6) is 5.88 Å². The highest BCUT2D eigenvalue weighted by molar-refractivity contribution is 5.60. The van der Waals surface area contributed by atoms with E-state index in [1.807, 2.05) is 13.8 Å². The van der Waals surface area contributed by atoms with Gasteiger partial charge in [0, 0.05) is 48.8 Å². The van der Waals surface area contributed by atoms with Crippen LogP contribution in [-0.4, -0.2) is 55.2 Å². The molecule has 2 aromatic rings. The molecule has 6 nitrogen and oxygen atoms in total. The van der Waals surface area contributed by atoms with Crippen molar-refractivity contribution in [3.8, 4) is 5.88 Å². The molecule has 6 heteroatoms. The Morgan fingerprint density at radius 2 is 1.67 bits per heavy atom. The molecule has 0 amide bonds. The van der Waals surface area contributed by atoms with Crippen LogP contribution in [0.1, 0.15) is 11.3 Å². The van der Waals surface area contributed by atoms with Gasteiger partial charge < -0.3 is 19.9 Å². The van der Waals surface area contributed by atoms with Crippen LogP contribution < -0.4 is 15.0 Å². The fourth-order valence-corrected chi connectivity index (χ4v) is 2.81. The van der Waals surface area contributed by atoms with E-state index in [0.29, 0.717) is 11.8 Å². The second-order valence-corrected chi connectivity index (χ2v) is 6.23. The molecule has 3 rings (SSSR count). The first-order valence-electron chi connectivity index (χ1n) is 8.26. The Morgan fingerprint density at radius 3 is 2.29 bits per heavy atom. The maximum Gasteiger partial charge on any atom is 0.230 e. The maximum atomic E-state index is 5.31. The molecule has 0 atom stereocenters. The zero-order valence-electron chi connectivity index (χ0n) is 14.8. The molecule has 0 bridgehead atoms. The lowest BCUT2D eigenvalue weighted by molar-refractivity contribution is 0.313. The molecule has 0 unspecified atom stereocenters. The van der Waals surface area contributed by atoms with Gasteiger partial charge in [0.05, 0.1) is 7.11 Å². The van der Waals surface area contributed by atoms with Crippen molar-refractivity contribution in [1.82, 2.24) is 14.9 Å². The number of nitrogens with one attached hydrogen (secondary N) is 1. The molecule has 1 fully saturated rings. The quantitative estimate of drug-likeness (QED) is 0.931. The van der Waals surface area contributed by atoms with Crippen molar-refractivity contribution < 1.29 is 4.74 Å². The summed E-state index contributed by atoms with van der Waals surface area (Å²) in [5, 5.41) is 3.25. The van der Waals surface area contributed by atoms with Gasteiger partial charge in [-0.25, -0.2) is 4.98 Å². The van der Waals surface area contributed by atoms with Crippen molar-refractivity contribution in [2.24, 2.45) is 0 Å². The molecule has 24 heavy (non-hydrogen) atoms. The number of anilines is 3. The van der Waals surface area contributed by atoms with E-state index in [-0.39, 0.29) is 0 Å². The Balaban J connectivity index is 1.71. The highest BCUT2D eigenvalue weighted by Crippen LogP contribution is 2.23. The van der Waals surface area contributed by atoms with Crippen LogP contribution in [0.3, 0.4) is 0 Å². The Labute approximate surface area is 143 Å². The molecule has 1 aromatic heterocycles. The van der Waals surface area contributed by atoms with Crippen molar-refractivity contribution in [3.05, 3.63) is 35.5 Å². The van der Waals surface area contributed by atoms with Crippen LogP contribution in [0.25, 0.3) is 0 Å². The lowest BCUT2D eigenvalue weighted by Crippen LogP contribution is -2.44. The molecular weight excluding hydrogens is 302 g/mol. The molecule has 0 aliphatic carbocycles. The van der Waals surface area contributed by atoms with Crippen molar-refractivity contribution >= 4 is 17.3 Å². The number of piperazine rings is 1. The summed E-state index contributed by atoms with van der Waals surface area (Å²) < 4.78 is 5.31. The smallest absolute Gasteiger partial charge is 0.230 e. The van der Waals surface area contributed by atoms with Gasteiger partial charge in [-0.15, -0.1) is 0 Å². The molecule has 0 spiro atoms. The second kappa shape index (κ2) is 7.05. The van der Waals surface area contributed by atoms with Crippen LogP contribution in [0, 0.1) is 13.8 Å². The minimum atomic E-state index is 0.558. The number of hydrogen-bond acceptors (Lipinski definition) is 6. The third-order valence-electron chi connectivity index (χ3n) is 4.53. The summed E-state index contributed by atoms with van der Waals surface area (Å²) >= 11 is 0. The van der Waals surface area contributed by atoms with E-state index in [9.17, 15) is 0 Å². The van der Waals surface area contributed by atoms with E-state index in [0.717, 1.165) is 43.1 Å². The van der Waals surface area contributed by atoms with Gasteiger partial charge in [-0.3, -0.25) is 0 Å². The molecule has 1 saturated heterocycles. The van der Waals surface area contributed by atoms with E-state index >= 15 is 0 Å². The molecule has 1 aliphatic heterocycles. The molecule has 0 saturated carbocycles. The summed E-state index contributed by atoms with van der Waals surface area (Å²) in [5.74, 6) is 1.17. The standard InChI is InChI=1S/C18H25N5O/c1-13-14(2)19-18(21-17(13)24-4)20-15-5-7-16(8-6-15)23-11-9-22(3)10-12-23/h5-8H,9-12H2,1-4H3,(H,19,20,21). The van der Waals surface area contributed by atoms with Gasteiger partial charge in [0.2, 0.25) is 11.8 Å². The highest BCUT2D eigenvalue weighted by Gasteiger charge is 2.14. The van der Waals surface area contributed by atoms with Gasteiger partial charge in [0.25, 0.3) is 0 Å². The summed E-state index contributed by atoms with van der Waals surface area (Å²) in [6, 6.07) is 8.43. The summed E-state index contributed by atoms with van der Waals surface area (Å²) in [5.41, 5.74) is 4.11. The van der Waals surface area contributed by atoms with Crippen LogP contribution in [0.15, 0.2) is 24.3 Å². The Kier molecular flexibility index (Phi) is 4.85. The lowest BCUT2D eigenvalue weighted by atomic mass is 10.2. The fourth-order valence-electron chi connectivity index (χ4n) is 2.81. The van der Waals surface area contributed by atoms with Crippen molar-refractivity contribution in [1.29, 1.82) is 0 Å². The van der Waals surface area contributed by atoms with Crippen molar-refractivity contribution in [3.63, 3.8) is 0 Å². The summed E-state index contributed by atoms with van der Waals surface area (Å²) in [6.45, 7) is 8.28. The van der Waals surface area contributed by atoms with Crippen LogP contribution in [-0.2, 0) is 0 Å². The zero-order chi connectivity index (χ0) is 17.1. The molecule has 1 aliphatic rings. The number of nitrogens with zero attached hydrogens (tertiary/aromatic N) is 4. The normalized spacial score (nSPS) is 15.4. The molecular formula is C18H25N5O. The second-order valence-electron chi connectivity index (χ2n) is 6.23. The van der Waals surface area contributed by atoms with Gasteiger partial charge in [-0.1, -0.05) is 0 Å². The first-order chi connectivity index (χ1) is 11.6. The zero-order valence-corrected chi connectivity index (χ0v) is 14.8. The predicted octanol–water partition coefficient (Wildman–Crippen LogP) is 2.60. The first kappa shape index (κ1) is 16.5. The van der Waals surface area contributed by atoms with Gasteiger partial charge in [0.1, 0.15) is 0 Å². The molecule has 0 radical (unpaired) electrons. The minimum absolute atomic E-state index is 0.558. The number of likely N-dealkylation sites (N-methyl/N-ethyl adjacent to an activating group) is 1. The molecule has 1 aromatic carbocycles. The van der Waals surface area contributed by atoms with Crippen LogP contribution >= 0.6 is 0 Å². The number of methoxy groups -OCH3 is 1. The number of aryl methyl sites for hydroxylation is 1. The lowest BCUT2D eigenvalue weighted by Gasteiger charge is -2.34.